The predicted octanol–water partition coefficient (Wildman–Crippen LogP) is 8.57. The van der Waals surface area contributed by atoms with Crippen LogP contribution in [-0.2, 0) is 9.53 Å². The van der Waals surface area contributed by atoms with Gasteiger partial charge in [0, 0.05) is 30.7 Å². The smallest absolute Gasteiger partial charge is 0.410 e. The van der Waals surface area contributed by atoms with Gasteiger partial charge in [-0.05, 0) is 135 Å². The average molecular weight is 575 g/mol. The van der Waals surface area contributed by atoms with Crippen molar-refractivity contribution in [3.63, 3.8) is 0 Å². The summed E-state index contributed by atoms with van der Waals surface area (Å²) in [4.78, 5) is 31.2. The number of hydrogen-bond acceptors (Lipinski definition) is 4. The number of carbonyl (C=O) groups is 2. The van der Waals surface area contributed by atoms with E-state index >= 15 is 0 Å². The van der Waals surface area contributed by atoms with Crippen LogP contribution in [-0.4, -0.2) is 48.7 Å². The van der Waals surface area contributed by atoms with E-state index in [4.69, 9.17) is 21.3 Å². The Balaban J connectivity index is 1.76. The second-order valence-electron chi connectivity index (χ2n) is 12.5. The van der Waals surface area contributed by atoms with E-state index in [2.05, 4.69) is 38.1 Å². The Labute approximate surface area is 250 Å². The van der Waals surface area contributed by atoms with Crippen molar-refractivity contribution in [2.45, 2.75) is 72.3 Å². The van der Waals surface area contributed by atoms with E-state index < -0.39 is 5.60 Å². The van der Waals surface area contributed by atoms with Gasteiger partial charge in [-0.3, -0.25) is 9.79 Å². The quantitative estimate of drug-likeness (QED) is 0.252. The van der Waals surface area contributed by atoms with Gasteiger partial charge < -0.3 is 9.64 Å². The SMILES string of the molecule is CN=C1C=C(c2cccc(Cl)c2)C=C(/C(=C\C=O)CC2CC2)/C1=C(C)\C1=C/[C@@H](C)CN(C(=O)OC(C)(C)C)CCC1. The summed E-state index contributed by atoms with van der Waals surface area (Å²) in [6.45, 7) is 11.3. The summed E-state index contributed by atoms with van der Waals surface area (Å²) in [5, 5.41) is 0.682. The molecule has 6 heteroatoms. The Kier molecular flexibility index (Phi) is 9.91. The van der Waals surface area contributed by atoms with Crippen molar-refractivity contribution in [3.05, 3.63) is 87.0 Å². The topological polar surface area (TPSA) is 59.0 Å². The van der Waals surface area contributed by atoms with E-state index in [0.29, 0.717) is 24.0 Å². The van der Waals surface area contributed by atoms with Gasteiger partial charge >= 0.3 is 6.09 Å². The predicted molar refractivity (Wildman–Crippen MR) is 169 cm³/mol. The summed E-state index contributed by atoms with van der Waals surface area (Å²) in [7, 11) is 1.83. The fraction of sp³-hybridized carbons (Fsp3) is 0.457. The molecule has 1 aromatic rings. The molecular weight excluding hydrogens is 532 g/mol. The summed E-state index contributed by atoms with van der Waals surface area (Å²) < 4.78 is 5.66. The first-order chi connectivity index (χ1) is 19.5. The highest BCUT2D eigenvalue weighted by Gasteiger charge is 2.30. The lowest BCUT2D eigenvalue weighted by molar-refractivity contribution is -0.104. The molecule has 0 unspecified atom stereocenters. The maximum Gasteiger partial charge on any atom is 0.410 e. The number of amides is 1. The molecule has 218 valence electrons. The lowest BCUT2D eigenvalue weighted by Crippen LogP contribution is -2.40. The number of allylic oxidation sites excluding steroid dienone is 9. The van der Waals surface area contributed by atoms with Crippen molar-refractivity contribution in [2.75, 3.05) is 20.1 Å². The molecule has 5 nitrogen and oxygen atoms in total. The van der Waals surface area contributed by atoms with Gasteiger partial charge in [0.2, 0.25) is 0 Å². The van der Waals surface area contributed by atoms with Crippen molar-refractivity contribution in [3.8, 4) is 0 Å². The summed E-state index contributed by atoms with van der Waals surface area (Å²) in [6, 6.07) is 7.86. The van der Waals surface area contributed by atoms with Crippen LogP contribution in [0.15, 0.2) is 81.4 Å². The van der Waals surface area contributed by atoms with Gasteiger partial charge in [0.05, 0.1) is 5.71 Å². The van der Waals surface area contributed by atoms with Crippen LogP contribution in [0.2, 0.25) is 5.02 Å². The molecule has 2 aliphatic carbocycles. The summed E-state index contributed by atoms with van der Waals surface area (Å²) in [5.41, 5.74) is 8.05. The monoisotopic (exact) mass is 574 g/mol. The minimum Gasteiger partial charge on any atom is -0.444 e. The number of carbonyl (C=O) groups excluding carboxylic acids is 2. The van der Waals surface area contributed by atoms with Gasteiger partial charge in [-0.15, -0.1) is 0 Å². The molecule has 1 fully saturated rings. The molecule has 1 amide bonds. The highest BCUT2D eigenvalue weighted by Crippen LogP contribution is 2.42. The number of ether oxygens (including phenoxy) is 1. The van der Waals surface area contributed by atoms with E-state index in [1.54, 1.807) is 6.08 Å². The lowest BCUT2D eigenvalue weighted by atomic mass is 9.79. The molecule has 1 aliphatic heterocycles. The molecule has 0 radical (unpaired) electrons. The number of rotatable bonds is 6. The first-order valence-corrected chi connectivity index (χ1v) is 15.1. The van der Waals surface area contributed by atoms with Crippen molar-refractivity contribution >= 4 is 35.3 Å². The maximum atomic E-state index is 12.8. The molecule has 0 aromatic heterocycles. The molecule has 0 saturated heterocycles. The zero-order valence-corrected chi connectivity index (χ0v) is 26.1. The van der Waals surface area contributed by atoms with Gasteiger partial charge in [0.1, 0.15) is 11.9 Å². The standard InChI is InChI=1S/C35H43ClN2O3/c1-23-17-26(10-8-15-38(22-23)34(40)41-35(3,4)5)24(2)33-31(28(14-16-39)18-25-12-13-25)20-29(21-32(33)37-6)27-9-7-11-30(36)19-27/h7,9,11,14,16-17,19-21,23,25H,8,10,12-13,15,18,22H2,1-6H3/b26-17-,28-14-,33-24+,37-32?/t23-/m1/s1. The number of nitrogens with zero attached hydrogens (tertiary/aromatic N) is 2. The van der Waals surface area contributed by atoms with Crippen LogP contribution in [0.4, 0.5) is 4.79 Å². The third kappa shape index (κ3) is 8.19. The largest absolute Gasteiger partial charge is 0.444 e. The second-order valence-corrected chi connectivity index (χ2v) is 12.9. The Hall–Kier alpha value is -3.18. The number of aliphatic imine (C=N–C) groups is 1. The van der Waals surface area contributed by atoms with Gasteiger partial charge in [-0.25, -0.2) is 4.79 Å². The van der Waals surface area contributed by atoms with Gasteiger partial charge in [-0.1, -0.05) is 36.7 Å². The number of hydrogen-bond donors (Lipinski definition) is 0. The Morgan fingerprint density at radius 3 is 2.61 bits per heavy atom. The number of aldehydes is 1. The van der Waals surface area contributed by atoms with E-state index in [1.165, 1.54) is 24.0 Å². The minimum atomic E-state index is -0.519. The normalized spacial score (nSPS) is 24.0. The number of benzene rings is 1. The molecule has 0 N–H and O–H groups in total. The van der Waals surface area contributed by atoms with Crippen molar-refractivity contribution in [1.82, 2.24) is 4.90 Å². The molecule has 4 rings (SSSR count). The van der Waals surface area contributed by atoms with Crippen molar-refractivity contribution in [2.24, 2.45) is 16.8 Å². The first-order valence-electron chi connectivity index (χ1n) is 14.7. The van der Waals surface area contributed by atoms with Crippen molar-refractivity contribution < 1.29 is 14.3 Å². The molecule has 1 atom stereocenters. The zero-order valence-electron chi connectivity index (χ0n) is 25.3. The van der Waals surface area contributed by atoms with Crippen LogP contribution in [0.5, 0.6) is 0 Å². The molecule has 1 heterocycles. The molecule has 1 saturated carbocycles. The molecular formula is C35H43ClN2O3. The van der Waals surface area contributed by atoms with Crippen LogP contribution in [0.1, 0.15) is 72.3 Å². The Morgan fingerprint density at radius 2 is 1.98 bits per heavy atom. The minimum absolute atomic E-state index is 0.153. The van der Waals surface area contributed by atoms with Gasteiger partial charge in [0.15, 0.2) is 0 Å². The van der Waals surface area contributed by atoms with E-state index in [-0.39, 0.29) is 12.0 Å². The summed E-state index contributed by atoms with van der Waals surface area (Å²) in [5.74, 6) is 0.770. The Bertz CT molecular complexity index is 1370. The summed E-state index contributed by atoms with van der Waals surface area (Å²) >= 11 is 6.36. The second kappa shape index (κ2) is 13.2. The van der Waals surface area contributed by atoms with E-state index in [1.807, 2.05) is 50.9 Å². The molecule has 3 aliphatic rings. The summed E-state index contributed by atoms with van der Waals surface area (Å²) in [6.07, 6.45) is 14.0. The van der Waals surface area contributed by atoms with Crippen LogP contribution in [0.25, 0.3) is 5.57 Å². The Morgan fingerprint density at radius 1 is 1.22 bits per heavy atom. The number of halogens is 1. The van der Waals surface area contributed by atoms with Crippen molar-refractivity contribution in [1.29, 1.82) is 0 Å². The van der Waals surface area contributed by atoms with Crippen LogP contribution in [0.3, 0.4) is 0 Å². The van der Waals surface area contributed by atoms with E-state index in [0.717, 1.165) is 59.1 Å². The third-order valence-corrected chi connectivity index (χ3v) is 7.95. The highest BCUT2D eigenvalue weighted by molar-refractivity contribution is 6.30. The average Bonchev–Trinajstić information content (AvgIpc) is 3.72. The van der Waals surface area contributed by atoms with Gasteiger partial charge in [-0.2, -0.15) is 0 Å². The molecule has 41 heavy (non-hydrogen) atoms. The highest BCUT2D eigenvalue weighted by atomic mass is 35.5. The third-order valence-electron chi connectivity index (χ3n) is 7.71. The zero-order chi connectivity index (χ0) is 29.7. The fourth-order valence-corrected chi connectivity index (χ4v) is 5.80. The molecule has 1 aromatic carbocycles. The first kappa shape index (κ1) is 30.8. The molecule has 0 spiro atoms. The van der Waals surface area contributed by atoms with Crippen LogP contribution in [0, 0.1) is 11.8 Å². The fourth-order valence-electron chi connectivity index (χ4n) is 5.61. The van der Waals surface area contributed by atoms with Crippen LogP contribution >= 0.6 is 11.6 Å². The van der Waals surface area contributed by atoms with E-state index in [9.17, 15) is 9.59 Å². The molecule has 0 bridgehead atoms. The van der Waals surface area contributed by atoms with Gasteiger partial charge in [0.25, 0.3) is 0 Å². The maximum absolute atomic E-state index is 12.8. The van der Waals surface area contributed by atoms with Crippen LogP contribution < -0.4 is 0 Å². The lowest BCUT2D eigenvalue weighted by Gasteiger charge is -2.31.